The van der Waals surface area contributed by atoms with Crippen LogP contribution in [0.2, 0.25) is 5.02 Å². The first kappa shape index (κ1) is 19.1. The number of benzene rings is 1. The summed E-state index contributed by atoms with van der Waals surface area (Å²) in [5.74, 6) is -1.13. The number of ether oxygens (including phenoxy) is 1. The third kappa shape index (κ3) is 4.19. The second-order valence-electron chi connectivity index (χ2n) is 6.59. The van der Waals surface area contributed by atoms with Gasteiger partial charge < -0.3 is 10.1 Å². The van der Waals surface area contributed by atoms with Gasteiger partial charge in [-0.1, -0.05) is 11.6 Å². The molecule has 2 fully saturated rings. The Morgan fingerprint density at radius 3 is 2.54 bits per heavy atom. The largest absolute Gasteiger partial charge is 0.449 e. The van der Waals surface area contributed by atoms with Crippen molar-refractivity contribution in [2.75, 3.05) is 13.1 Å². The highest BCUT2D eigenvalue weighted by Gasteiger charge is 2.31. The van der Waals surface area contributed by atoms with Gasteiger partial charge in [0.15, 0.2) is 6.10 Å². The average Bonchev–Trinajstić information content (AvgIpc) is 3.23. The Balaban J connectivity index is 1.75. The number of nitrogens with zero attached hydrogens (tertiary/aromatic N) is 1. The molecule has 0 aromatic heterocycles. The molecule has 7 nitrogen and oxygen atoms in total. The predicted molar refractivity (Wildman–Crippen MR) is 95.5 cm³/mol. The van der Waals surface area contributed by atoms with Crippen molar-refractivity contribution in [1.82, 2.24) is 9.62 Å². The molecule has 0 unspecified atom stereocenters. The van der Waals surface area contributed by atoms with Gasteiger partial charge in [0, 0.05) is 19.1 Å². The van der Waals surface area contributed by atoms with Gasteiger partial charge in [0.05, 0.1) is 10.6 Å². The zero-order chi connectivity index (χ0) is 18.9. The monoisotopic (exact) mass is 400 g/mol. The lowest BCUT2D eigenvalue weighted by Crippen LogP contribution is -2.37. The number of carbonyl (C=O) groups is 2. The molecule has 1 N–H and O–H groups in total. The van der Waals surface area contributed by atoms with E-state index in [-0.39, 0.29) is 27.4 Å². The minimum Gasteiger partial charge on any atom is -0.449 e. The maximum Gasteiger partial charge on any atom is 0.338 e. The fourth-order valence-electron chi connectivity index (χ4n) is 2.72. The van der Waals surface area contributed by atoms with Crippen molar-refractivity contribution >= 4 is 33.5 Å². The van der Waals surface area contributed by atoms with Crippen LogP contribution in [0.1, 0.15) is 43.0 Å². The quantitative estimate of drug-likeness (QED) is 0.737. The number of rotatable bonds is 6. The minimum atomic E-state index is -3.76. The molecule has 3 rings (SSSR count). The van der Waals surface area contributed by atoms with Crippen LogP contribution in [-0.4, -0.2) is 49.8 Å². The molecule has 1 aromatic rings. The van der Waals surface area contributed by atoms with Crippen LogP contribution in [-0.2, 0) is 19.6 Å². The Bertz CT molecular complexity index is 816. The van der Waals surface area contributed by atoms with Crippen LogP contribution in [0.5, 0.6) is 0 Å². The highest BCUT2D eigenvalue weighted by Crippen LogP contribution is 2.28. The molecule has 1 aromatic carbocycles. The first-order chi connectivity index (χ1) is 12.3. The standard InChI is InChI=1S/C17H21ClN2O5S/c1-11(16(21)19-13-5-6-13)25-17(22)12-4-7-14(18)15(10-12)26(23,24)20-8-2-3-9-20/h4,7,10-11,13H,2-3,5-6,8-9H2,1H3,(H,19,21)/t11-/m1/s1. The van der Waals surface area contributed by atoms with Crippen LogP contribution in [0.3, 0.4) is 0 Å². The summed E-state index contributed by atoms with van der Waals surface area (Å²) in [5.41, 5.74) is 0.0400. The first-order valence-electron chi connectivity index (χ1n) is 8.60. The molecule has 0 bridgehead atoms. The molecule has 1 aliphatic heterocycles. The van der Waals surface area contributed by atoms with E-state index in [4.69, 9.17) is 16.3 Å². The molecular weight excluding hydrogens is 380 g/mol. The van der Waals surface area contributed by atoms with Crippen molar-refractivity contribution in [1.29, 1.82) is 0 Å². The maximum atomic E-state index is 12.7. The Hall–Kier alpha value is -1.64. The number of sulfonamides is 1. The zero-order valence-corrected chi connectivity index (χ0v) is 16.0. The SMILES string of the molecule is C[C@@H](OC(=O)c1ccc(Cl)c(S(=O)(=O)N2CCCC2)c1)C(=O)NC1CC1. The highest BCUT2D eigenvalue weighted by molar-refractivity contribution is 7.89. The molecule has 1 heterocycles. The van der Waals surface area contributed by atoms with Crippen molar-refractivity contribution in [2.45, 2.75) is 49.6 Å². The molecule has 1 atom stereocenters. The van der Waals surface area contributed by atoms with Crippen molar-refractivity contribution in [3.05, 3.63) is 28.8 Å². The third-order valence-corrected chi connectivity index (χ3v) is 6.81. The normalized spacial score (nSPS) is 19.2. The van der Waals surface area contributed by atoms with Gasteiger partial charge in [-0.3, -0.25) is 4.79 Å². The number of esters is 1. The second kappa shape index (κ2) is 7.54. The fourth-order valence-corrected chi connectivity index (χ4v) is 4.74. The van der Waals surface area contributed by atoms with E-state index in [1.54, 1.807) is 0 Å². The Labute approximate surface area is 157 Å². The summed E-state index contributed by atoms with van der Waals surface area (Å²) in [6.07, 6.45) is 2.50. The maximum absolute atomic E-state index is 12.7. The van der Waals surface area contributed by atoms with E-state index in [0.717, 1.165) is 25.7 Å². The number of carbonyl (C=O) groups excluding carboxylic acids is 2. The van der Waals surface area contributed by atoms with Crippen LogP contribution in [0.4, 0.5) is 0 Å². The van der Waals surface area contributed by atoms with Gasteiger partial charge >= 0.3 is 5.97 Å². The molecule has 26 heavy (non-hydrogen) atoms. The Morgan fingerprint density at radius 2 is 1.92 bits per heavy atom. The highest BCUT2D eigenvalue weighted by atomic mass is 35.5. The smallest absolute Gasteiger partial charge is 0.338 e. The van der Waals surface area contributed by atoms with Gasteiger partial charge in [0.1, 0.15) is 4.90 Å². The van der Waals surface area contributed by atoms with Crippen LogP contribution in [0.15, 0.2) is 23.1 Å². The fraction of sp³-hybridized carbons (Fsp3) is 0.529. The van der Waals surface area contributed by atoms with Gasteiger partial charge in [-0.2, -0.15) is 4.31 Å². The molecule has 142 valence electrons. The molecule has 1 aliphatic carbocycles. The number of hydrogen-bond donors (Lipinski definition) is 1. The zero-order valence-electron chi connectivity index (χ0n) is 14.4. The number of nitrogens with one attached hydrogen (secondary N) is 1. The van der Waals surface area contributed by atoms with Crippen LogP contribution in [0, 0.1) is 0 Å². The van der Waals surface area contributed by atoms with E-state index in [1.165, 1.54) is 29.4 Å². The summed E-state index contributed by atoms with van der Waals surface area (Å²) >= 11 is 6.06. The molecule has 2 aliphatic rings. The van der Waals surface area contributed by atoms with Gasteiger partial charge in [0.25, 0.3) is 5.91 Å². The summed E-state index contributed by atoms with van der Waals surface area (Å²) in [6.45, 7) is 2.35. The van der Waals surface area contributed by atoms with Gasteiger partial charge in [-0.15, -0.1) is 0 Å². The third-order valence-electron chi connectivity index (χ3n) is 4.43. The Morgan fingerprint density at radius 1 is 1.27 bits per heavy atom. The lowest BCUT2D eigenvalue weighted by Gasteiger charge is -2.17. The summed E-state index contributed by atoms with van der Waals surface area (Å²) in [6, 6.07) is 4.12. The van der Waals surface area contributed by atoms with Crippen molar-refractivity contribution in [3.63, 3.8) is 0 Å². The van der Waals surface area contributed by atoms with Crippen molar-refractivity contribution in [2.24, 2.45) is 0 Å². The summed E-state index contributed by atoms with van der Waals surface area (Å²) in [5, 5.41) is 2.80. The van der Waals surface area contributed by atoms with Crippen LogP contribution < -0.4 is 5.32 Å². The molecule has 1 saturated heterocycles. The summed E-state index contributed by atoms with van der Waals surface area (Å²) in [7, 11) is -3.76. The van der Waals surface area contributed by atoms with E-state index in [9.17, 15) is 18.0 Å². The number of halogens is 1. The van der Waals surface area contributed by atoms with Crippen LogP contribution in [0.25, 0.3) is 0 Å². The van der Waals surface area contributed by atoms with E-state index in [0.29, 0.717) is 13.1 Å². The molecule has 0 spiro atoms. The Kier molecular flexibility index (Phi) is 5.55. The number of hydrogen-bond acceptors (Lipinski definition) is 5. The average molecular weight is 401 g/mol. The van der Waals surface area contributed by atoms with Gasteiger partial charge in [-0.05, 0) is 50.8 Å². The molecular formula is C17H21ClN2O5S. The topological polar surface area (TPSA) is 92.8 Å². The van der Waals surface area contributed by atoms with Gasteiger partial charge in [0.2, 0.25) is 10.0 Å². The molecule has 1 amide bonds. The minimum absolute atomic E-state index is 0.0400. The lowest BCUT2D eigenvalue weighted by molar-refractivity contribution is -0.129. The predicted octanol–water partition coefficient (Wildman–Crippen LogP) is 1.95. The molecule has 0 radical (unpaired) electrons. The molecule has 1 saturated carbocycles. The lowest BCUT2D eigenvalue weighted by atomic mass is 10.2. The second-order valence-corrected chi connectivity index (χ2v) is 8.90. The van der Waals surface area contributed by atoms with Gasteiger partial charge in [-0.25, -0.2) is 13.2 Å². The first-order valence-corrected chi connectivity index (χ1v) is 10.4. The summed E-state index contributed by atoms with van der Waals surface area (Å²) < 4.78 is 31.9. The van der Waals surface area contributed by atoms with Crippen LogP contribution >= 0.6 is 11.6 Å². The van der Waals surface area contributed by atoms with Crippen molar-refractivity contribution < 1.29 is 22.7 Å². The van der Waals surface area contributed by atoms with E-state index >= 15 is 0 Å². The number of amides is 1. The van der Waals surface area contributed by atoms with E-state index in [2.05, 4.69) is 5.32 Å². The van der Waals surface area contributed by atoms with Crippen molar-refractivity contribution in [3.8, 4) is 0 Å². The van der Waals surface area contributed by atoms with E-state index < -0.39 is 22.1 Å². The van der Waals surface area contributed by atoms with E-state index in [1.807, 2.05) is 0 Å². The molecule has 9 heteroatoms. The summed E-state index contributed by atoms with van der Waals surface area (Å²) in [4.78, 5) is 24.1.